The number of carbonyl (C=O) groups is 1. The van der Waals surface area contributed by atoms with Crippen molar-refractivity contribution in [2.45, 2.75) is 13.0 Å². The van der Waals surface area contributed by atoms with Crippen LogP contribution in [-0.2, 0) is 0 Å². The maximum atomic E-state index is 12.7. The summed E-state index contributed by atoms with van der Waals surface area (Å²) in [6.45, 7) is 6.00. The summed E-state index contributed by atoms with van der Waals surface area (Å²) in [7, 11) is 1.61. The molecule has 4 rings (SSSR count). The van der Waals surface area contributed by atoms with E-state index in [1.165, 1.54) is 0 Å². The van der Waals surface area contributed by atoms with Crippen molar-refractivity contribution in [3.05, 3.63) is 84.4 Å². The molecular formula is C23H22N4O3. The van der Waals surface area contributed by atoms with Gasteiger partial charge in [-0.15, -0.1) is 6.58 Å². The van der Waals surface area contributed by atoms with E-state index in [1.54, 1.807) is 18.1 Å². The molecule has 1 unspecified atom stereocenters. The third-order valence-corrected chi connectivity index (χ3v) is 5.03. The highest BCUT2D eigenvalue weighted by atomic mass is 16.5. The first kappa shape index (κ1) is 19.4. The lowest BCUT2D eigenvalue weighted by Crippen LogP contribution is -2.46. The number of benzene rings is 2. The van der Waals surface area contributed by atoms with Crippen LogP contribution in [0, 0.1) is 0 Å². The summed E-state index contributed by atoms with van der Waals surface area (Å²) in [5, 5.41) is 7.21. The van der Waals surface area contributed by atoms with E-state index in [1.807, 2.05) is 61.5 Å². The van der Waals surface area contributed by atoms with E-state index >= 15 is 0 Å². The molecule has 0 spiro atoms. The monoisotopic (exact) mass is 402 g/mol. The standard InChI is InChI=1S/C23H22N4O3/c1-4-13-27-15(2)19(20(24-23(27)28)16-9-6-5-7-10-16)22-25-21(26-30-22)17-11-8-12-18(14-17)29-3/h4-12,14,20H,1,13H2,2-3H3,(H,24,28). The summed E-state index contributed by atoms with van der Waals surface area (Å²) >= 11 is 0. The molecule has 0 saturated heterocycles. The highest BCUT2D eigenvalue weighted by Gasteiger charge is 2.35. The van der Waals surface area contributed by atoms with E-state index in [9.17, 15) is 4.79 Å². The zero-order valence-electron chi connectivity index (χ0n) is 16.8. The first-order chi connectivity index (χ1) is 14.6. The summed E-state index contributed by atoms with van der Waals surface area (Å²) < 4.78 is 10.9. The second-order valence-corrected chi connectivity index (χ2v) is 6.85. The van der Waals surface area contributed by atoms with Crippen molar-refractivity contribution in [2.75, 3.05) is 13.7 Å². The van der Waals surface area contributed by atoms with Crippen LogP contribution in [-0.4, -0.2) is 34.7 Å². The first-order valence-corrected chi connectivity index (χ1v) is 9.55. The van der Waals surface area contributed by atoms with Crippen LogP contribution in [0.4, 0.5) is 4.79 Å². The van der Waals surface area contributed by atoms with Gasteiger partial charge in [0.2, 0.25) is 5.82 Å². The van der Waals surface area contributed by atoms with E-state index in [0.29, 0.717) is 24.0 Å². The van der Waals surface area contributed by atoms with Gasteiger partial charge in [0, 0.05) is 17.8 Å². The van der Waals surface area contributed by atoms with Crippen LogP contribution in [0.1, 0.15) is 24.4 Å². The number of allylic oxidation sites excluding steroid dienone is 1. The fourth-order valence-corrected chi connectivity index (χ4v) is 3.52. The average Bonchev–Trinajstić information content (AvgIpc) is 3.26. The van der Waals surface area contributed by atoms with Crippen LogP contribution < -0.4 is 10.1 Å². The Kier molecular flexibility index (Phi) is 5.34. The molecule has 1 atom stereocenters. The molecule has 2 amide bonds. The van der Waals surface area contributed by atoms with Crippen molar-refractivity contribution in [2.24, 2.45) is 0 Å². The summed E-state index contributed by atoms with van der Waals surface area (Å²) in [5.74, 6) is 1.51. The van der Waals surface area contributed by atoms with Crippen molar-refractivity contribution < 1.29 is 14.1 Å². The molecule has 7 nitrogen and oxygen atoms in total. The Balaban J connectivity index is 1.81. The SMILES string of the molecule is C=CCN1C(=O)NC(c2ccccc2)C(c2nc(-c3cccc(OC)c3)no2)=C1C. The zero-order chi connectivity index (χ0) is 21.1. The number of ether oxygens (including phenoxy) is 1. The molecule has 1 aromatic heterocycles. The number of hydrogen-bond acceptors (Lipinski definition) is 5. The highest BCUT2D eigenvalue weighted by molar-refractivity contribution is 5.87. The lowest BCUT2D eigenvalue weighted by Gasteiger charge is -2.34. The van der Waals surface area contributed by atoms with E-state index in [-0.39, 0.29) is 6.03 Å². The second-order valence-electron chi connectivity index (χ2n) is 6.85. The Labute approximate surface area is 174 Å². The highest BCUT2D eigenvalue weighted by Crippen LogP contribution is 2.37. The van der Waals surface area contributed by atoms with Crippen LogP contribution in [0.3, 0.4) is 0 Å². The smallest absolute Gasteiger partial charge is 0.322 e. The summed E-state index contributed by atoms with van der Waals surface area (Å²) in [6, 6.07) is 16.6. The third-order valence-electron chi connectivity index (χ3n) is 5.03. The van der Waals surface area contributed by atoms with E-state index in [0.717, 1.165) is 22.4 Å². The molecule has 1 N–H and O–H groups in total. The number of aromatic nitrogens is 2. The van der Waals surface area contributed by atoms with Crippen molar-refractivity contribution >= 4 is 11.6 Å². The van der Waals surface area contributed by atoms with Gasteiger partial charge in [0.1, 0.15) is 5.75 Å². The van der Waals surface area contributed by atoms with Gasteiger partial charge in [-0.1, -0.05) is 53.7 Å². The molecule has 2 aromatic carbocycles. The van der Waals surface area contributed by atoms with E-state index < -0.39 is 6.04 Å². The van der Waals surface area contributed by atoms with Gasteiger partial charge in [0.25, 0.3) is 5.89 Å². The van der Waals surface area contributed by atoms with Crippen LogP contribution in [0.15, 0.2) is 77.5 Å². The topological polar surface area (TPSA) is 80.5 Å². The maximum absolute atomic E-state index is 12.7. The van der Waals surface area contributed by atoms with E-state index in [4.69, 9.17) is 9.26 Å². The van der Waals surface area contributed by atoms with Crippen LogP contribution in [0.2, 0.25) is 0 Å². The number of hydrogen-bond donors (Lipinski definition) is 1. The quantitative estimate of drug-likeness (QED) is 0.617. The molecule has 30 heavy (non-hydrogen) atoms. The third kappa shape index (κ3) is 3.57. The van der Waals surface area contributed by atoms with Gasteiger partial charge >= 0.3 is 6.03 Å². The predicted molar refractivity (Wildman–Crippen MR) is 113 cm³/mol. The van der Waals surface area contributed by atoms with Gasteiger partial charge in [-0.3, -0.25) is 4.90 Å². The van der Waals surface area contributed by atoms with Gasteiger partial charge in [-0.2, -0.15) is 4.98 Å². The molecule has 0 saturated carbocycles. The summed E-state index contributed by atoms with van der Waals surface area (Å²) in [6.07, 6.45) is 1.68. The fraction of sp³-hybridized carbons (Fsp3) is 0.174. The number of urea groups is 1. The second kappa shape index (κ2) is 8.24. The Morgan fingerprint density at radius 3 is 2.77 bits per heavy atom. The van der Waals surface area contributed by atoms with E-state index in [2.05, 4.69) is 22.0 Å². The van der Waals surface area contributed by atoms with Crippen LogP contribution in [0.5, 0.6) is 5.75 Å². The van der Waals surface area contributed by atoms with Crippen molar-refractivity contribution in [3.8, 4) is 17.1 Å². The Bertz CT molecular complexity index is 1100. The maximum Gasteiger partial charge on any atom is 0.322 e. The predicted octanol–water partition coefficient (Wildman–Crippen LogP) is 4.43. The normalized spacial score (nSPS) is 16.4. The Morgan fingerprint density at radius 2 is 2.03 bits per heavy atom. The van der Waals surface area contributed by atoms with Gasteiger partial charge in [0.05, 0.1) is 18.7 Å². The van der Waals surface area contributed by atoms with Gasteiger partial charge in [-0.05, 0) is 24.6 Å². The van der Waals surface area contributed by atoms with Gasteiger partial charge in [-0.25, -0.2) is 4.79 Å². The molecule has 0 radical (unpaired) electrons. The Morgan fingerprint density at radius 1 is 1.23 bits per heavy atom. The number of methoxy groups -OCH3 is 1. The molecule has 0 fully saturated rings. The molecule has 1 aliphatic rings. The molecule has 1 aliphatic heterocycles. The molecular weight excluding hydrogens is 380 g/mol. The average molecular weight is 402 g/mol. The lowest BCUT2D eigenvalue weighted by molar-refractivity contribution is 0.209. The van der Waals surface area contributed by atoms with Crippen LogP contribution in [0.25, 0.3) is 17.0 Å². The summed E-state index contributed by atoms with van der Waals surface area (Å²) in [5.41, 5.74) is 3.21. The summed E-state index contributed by atoms with van der Waals surface area (Å²) in [4.78, 5) is 18.9. The lowest BCUT2D eigenvalue weighted by atomic mass is 9.95. The van der Waals surface area contributed by atoms with Crippen molar-refractivity contribution in [3.63, 3.8) is 0 Å². The minimum atomic E-state index is -0.404. The zero-order valence-corrected chi connectivity index (χ0v) is 16.8. The number of amides is 2. The molecule has 2 heterocycles. The molecule has 152 valence electrons. The minimum absolute atomic E-state index is 0.197. The van der Waals surface area contributed by atoms with Crippen molar-refractivity contribution in [1.29, 1.82) is 0 Å². The molecule has 0 bridgehead atoms. The largest absolute Gasteiger partial charge is 0.497 e. The number of nitrogens with zero attached hydrogens (tertiary/aromatic N) is 3. The van der Waals surface area contributed by atoms with Crippen molar-refractivity contribution in [1.82, 2.24) is 20.4 Å². The number of carbonyl (C=O) groups excluding carboxylic acids is 1. The number of nitrogens with one attached hydrogen (secondary N) is 1. The first-order valence-electron chi connectivity index (χ1n) is 9.55. The minimum Gasteiger partial charge on any atom is -0.497 e. The van der Waals surface area contributed by atoms with Gasteiger partial charge < -0.3 is 14.6 Å². The van der Waals surface area contributed by atoms with Gasteiger partial charge in [0.15, 0.2) is 0 Å². The Hall–Kier alpha value is -3.87. The molecule has 7 heteroatoms. The molecule has 3 aromatic rings. The fourth-order valence-electron chi connectivity index (χ4n) is 3.52. The number of rotatable bonds is 6. The van der Waals surface area contributed by atoms with Crippen LogP contribution >= 0.6 is 0 Å². The molecule has 0 aliphatic carbocycles.